The summed E-state index contributed by atoms with van der Waals surface area (Å²) in [6, 6.07) is 41.6. The number of nitrogens with zero attached hydrogens (tertiary/aromatic N) is 1. The fraction of sp³-hybridized carbons (Fsp3) is 0.211. The van der Waals surface area contributed by atoms with Crippen LogP contribution in [0.1, 0.15) is 49.9 Å². The monoisotopic (exact) mass is 549 g/mol. The molecule has 0 amide bonds. The van der Waals surface area contributed by atoms with Crippen molar-refractivity contribution in [3.05, 3.63) is 131 Å². The maximum atomic E-state index is 2.74. The van der Waals surface area contributed by atoms with E-state index in [9.17, 15) is 0 Å². The second-order valence-electron chi connectivity index (χ2n) is 13.4. The van der Waals surface area contributed by atoms with Crippen molar-refractivity contribution < 1.29 is 0 Å². The molecule has 2 heterocycles. The van der Waals surface area contributed by atoms with Crippen LogP contribution in [0, 0.1) is 0 Å². The summed E-state index contributed by atoms with van der Waals surface area (Å²) in [4.78, 5) is 5.75. The summed E-state index contributed by atoms with van der Waals surface area (Å²) >= 11 is 0. The molecule has 5 aromatic carbocycles. The largest absolute Gasteiger partial charge is 0.376 e. The van der Waals surface area contributed by atoms with Gasteiger partial charge in [0.2, 0.25) is 0 Å². The first-order chi connectivity index (χ1) is 19.6. The first kappa shape index (κ1) is 25.1. The van der Waals surface area contributed by atoms with E-state index >= 15 is 0 Å². The number of hydrogen-bond acceptors (Lipinski definition) is 1. The normalized spacial score (nSPS) is 18.8. The van der Waals surface area contributed by atoms with Crippen LogP contribution in [0.4, 0.5) is 11.4 Å². The van der Waals surface area contributed by atoms with Gasteiger partial charge in [-0.3, -0.25) is 0 Å². The predicted octanol–water partition coefficient (Wildman–Crippen LogP) is 8.37. The SMILES string of the molecule is CC1(C)c2ccccc2N(B2c3ccccc3S(C)(C)c3ccccc32)c2c1ccc1c2C(C)(C)c2ccccc2-1. The van der Waals surface area contributed by atoms with Gasteiger partial charge in [-0.05, 0) is 72.7 Å². The Morgan fingerprint density at radius 1 is 0.537 bits per heavy atom. The maximum absolute atomic E-state index is 2.74. The smallest absolute Gasteiger partial charge is 0.330 e. The second-order valence-corrected chi connectivity index (χ2v) is 16.9. The zero-order chi connectivity index (χ0) is 28.3. The Bertz CT molecular complexity index is 1850. The van der Waals surface area contributed by atoms with E-state index in [-0.39, 0.29) is 17.7 Å². The second kappa shape index (κ2) is 8.20. The highest BCUT2D eigenvalue weighted by atomic mass is 32.3. The molecule has 0 N–H and O–H groups in total. The van der Waals surface area contributed by atoms with Crippen molar-refractivity contribution in [1.29, 1.82) is 0 Å². The minimum Gasteiger partial charge on any atom is -0.376 e. The molecule has 0 saturated carbocycles. The van der Waals surface area contributed by atoms with Gasteiger partial charge in [-0.1, -0.05) is 131 Å². The molecule has 8 rings (SSSR count). The van der Waals surface area contributed by atoms with Crippen LogP contribution in [-0.2, 0) is 10.8 Å². The van der Waals surface area contributed by atoms with Crippen LogP contribution in [-0.4, -0.2) is 19.4 Å². The summed E-state index contributed by atoms with van der Waals surface area (Å²) in [5.41, 5.74) is 13.8. The van der Waals surface area contributed by atoms with Gasteiger partial charge in [-0.2, -0.15) is 10.0 Å². The molecule has 202 valence electrons. The lowest BCUT2D eigenvalue weighted by atomic mass is 9.47. The number of anilines is 2. The standard InChI is InChI=1S/C38H36BNS/c1-37(2)28-17-9-12-20-32(28)40(36-29(37)24-23-26-25-15-7-8-16-27(25)38(3,4)35(26)36)39-30-18-10-13-21-33(30)41(5,6)34-22-14-11-19-31(34)39/h7-24H,1-6H3. The van der Waals surface area contributed by atoms with Crippen LogP contribution in [0.25, 0.3) is 11.1 Å². The van der Waals surface area contributed by atoms with Crippen LogP contribution in [0.5, 0.6) is 0 Å². The van der Waals surface area contributed by atoms with Gasteiger partial charge in [-0.15, -0.1) is 0 Å². The van der Waals surface area contributed by atoms with E-state index in [2.05, 4.69) is 154 Å². The lowest BCUT2D eigenvalue weighted by molar-refractivity contribution is 0.619. The number of fused-ring (bicyclic) bond motifs is 8. The van der Waals surface area contributed by atoms with E-state index in [1.807, 2.05) is 0 Å². The maximum Gasteiger partial charge on any atom is 0.330 e. The summed E-state index contributed by atoms with van der Waals surface area (Å²) in [5, 5.41) is 0. The van der Waals surface area contributed by atoms with Gasteiger partial charge < -0.3 is 4.81 Å². The molecule has 0 bridgehead atoms. The van der Waals surface area contributed by atoms with E-state index < -0.39 is 10.0 Å². The molecule has 1 nitrogen and oxygen atoms in total. The van der Waals surface area contributed by atoms with Crippen LogP contribution in [0.15, 0.2) is 119 Å². The van der Waals surface area contributed by atoms with Gasteiger partial charge >= 0.3 is 6.85 Å². The zero-order valence-electron chi connectivity index (χ0n) is 24.8. The summed E-state index contributed by atoms with van der Waals surface area (Å²) < 4.78 is 0. The molecule has 0 saturated heterocycles. The molecule has 0 unspecified atom stereocenters. The average molecular weight is 550 g/mol. The van der Waals surface area contributed by atoms with Crippen molar-refractivity contribution in [2.45, 2.75) is 48.3 Å². The van der Waals surface area contributed by atoms with E-state index in [0.29, 0.717) is 0 Å². The van der Waals surface area contributed by atoms with Gasteiger partial charge in [0.1, 0.15) is 0 Å². The molecule has 0 radical (unpaired) electrons. The molecule has 41 heavy (non-hydrogen) atoms. The van der Waals surface area contributed by atoms with Crippen molar-refractivity contribution in [3.8, 4) is 11.1 Å². The van der Waals surface area contributed by atoms with E-state index in [0.717, 1.165) is 0 Å². The fourth-order valence-corrected chi connectivity index (χ4v) is 10.9. The molecule has 0 spiro atoms. The molecule has 2 aliphatic heterocycles. The topological polar surface area (TPSA) is 3.24 Å². The molecule has 1 aliphatic carbocycles. The van der Waals surface area contributed by atoms with Gasteiger partial charge in [-0.25, -0.2) is 0 Å². The number of para-hydroxylation sites is 1. The van der Waals surface area contributed by atoms with Gasteiger partial charge in [0.25, 0.3) is 0 Å². The highest BCUT2D eigenvalue weighted by Crippen LogP contribution is 2.61. The summed E-state index contributed by atoms with van der Waals surface area (Å²) in [7, 11) is -1.16. The van der Waals surface area contributed by atoms with Crippen LogP contribution < -0.4 is 15.7 Å². The van der Waals surface area contributed by atoms with Crippen molar-refractivity contribution in [3.63, 3.8) is 0 Å². The van der Waals surface area contributed by atoms with Crippen LogP contribution >= 0.6 is 10.0 Å². The van der Waals surface area contributed by atoms with Gasteiger partial charge in [0.05, 0.1) is 0 Å². The third-order valence-corrected chi connectivity index (χ3v) is 13.2. The minimum atomic E-state index is -1.16. The summed E-state index contributed by atoms with van der Waals surface area (Å²) in [5.74, 6) is 0. The zero-order valence-corrected chi connectivity index (χ0v) is 25.6. The fourth-order valence-electron chi connectivity index (χ4n) is 8.25. The molecule has 3 aliphatic rings. The first-order valence-corrected chi connectivity index (χ1v) is 17.2. The van der Waals surface area contributed by atoms with E-state index in [1.54, 1.807) is 0 Å². The molecule has 0 fully saturated rings. The molecule has 5 aromatic rings. The quantitative estimate of drug-likeness (QED) is 0.190. The lowest BCUT2D eigenvalue weighted by Crippen LogP contribution is -2.60. The van der Waals surface area contributed by atoms with Crippen molar-refractivity contribution >= 4 is 39.2 Å². The van der Waals surface area contributed by atoms with Crippen molar-refractivity contribution in [2.75, 3.05) is 17.3 Å². The molecule has 3 heteroatoms. The predicted molar refractivity (Wildman–Crippen MR) is 179 cm³/mol. The van der Waals surface area contributed by atoms with Crippen LogP contribution in [0.2, 0.25) is 0 Å². The molecular formula is C38H36BNS. The Labute approximate surface area is 246 Å². The average Bonchev–Trinajstić information content (AvgIpc) is 3.21. The third-order valence-electron chi connectivity index (χ3n) is 10.2. The Kier molecular flexibility index (Phi) is 5.01. The molecular weight excluding hydrogens is 513 g/mol. The van der Waals surface area contributed by atoms with Gasteiger partial charge in [0.15, 0.2) is 0 Å². The first-order valence-electron chi connectivity index (χ1n) is 14.7. The number of hydrogen-bond donors (Lipinski definition) is 0. The van der Waals surface area contributed by atoms with Crippen molar-refractivity contribution in [1.82, 2.24) is 0 Å². The summed E-state index contributed by atoms with van der Waals surface area (Å²) in [6.45, 7) is 9.78. The van der Waals surface area contributed by atoms with Gasteiger partial charge in [0, 0.05) is 22.2 Å². The minimum absolute atomic E-state index is 0.0879. The lowest BCUT2D eigenvalue weighted by Gasteiger charge is -2.50. The Balaban J connectivity index is 1.52. The number of rotatable bonds is 1. The Hall–Kier alpha value is -3.69. The van der Waals surface area contributed by atoms with Crippen LogP contribution in [0.3, 0.4) is 0 Å². The third kappa shape index (κ3) is 3.11. The van der Waals surface area contributed by atoms with Crippen molar-refractivity contribution in [2.24, 2.45) is 0 Å². The highest BCUT2D eigenvalue weighted by molar-refractivity contribution is 8.33. The summed E-state index contributed by atoms with van der Waals surface area (Å²) in [6.07, 6.45) is 4.94. The number of benzene rings is 5. The Morgan fingerprint density at radius 2 is 1.10 bits per heavy atom. The molecule has 0 atom stereocenters. The van der Waals surface area contributed by atoms with E-state index in [1.165, 1.54) is 65.5 Å². The Morgan fingerprint density at radius 3 is 1.78 bits per heavy atom. The molecule has 0 aromatic heterocycles. The van der Waals surface area contributed by atoms with E-state index in [4.69, 9.17) is 0 Å². The highest BCUT2D eigenvalue weighted by Gasteiger charge is 2.49.